The highest BCUT2D eigenvalue weighted by Crippen LogP contribution is 2.23. The van der Waals surface area contributed by atoms with Crippen LogP contribution in [0.4, 0.5) is 11.4 Å². The molecule has 1 saturated heterocycles. The molecule has 0 bridgehead atoms. The minimum atomic E-state index is -3.77. The molecule has 3 aromatic carbocycles. The number of aryl methyl sites for hydroxylation is 2. The Morgan fingerprint density at radius 1 is 0.919 bits per heavy atom. The van der Waals surface area contributed by atoms with E-state index in [1.54, 1.807) is 18.2 Å². The predicted octanol–water partition coefficient (Wildman–Crippen LogP) is 4.29. The molecule has 8 nitrogen and oxygen atoms in total. The Kier molecular flexibility index (Phi) is 8.13. The standard InChI is InChI=1S/C28H31N3O5S/c1-20-5-6-21(2)26(17-20)30-37(34,35)25-13-11-24(12-14-25)36-19-27(32)29-23-9-7-22(8-10-23)18-28(33)31-15-3-4-16-31/h5-14,17,30H,3-4,15-16,18-19H2,1-2H3,(H,29,32). The number of nitrogens with zero attached hydrogens (tertiary/aromatic N) is 1. The van der Waals surface area contributed by atoms with E-state index >= 15 is 0 Å². The van der Waals surface area contributed by atoms with Gasteiger partial charge in [-0.3, -0.25) is 14.3 Å². The summed E-state index contributed by atoms with van der Waals surface area (Å²) in [4.78, 5) is 26.6. The van der Waals surface area contributed by atoms with Crippen LogP contribution in [0.3, 0.4) is 0 Å². The van der Waals surface area contributed by atoms with E-state index in [9.17, 15) is 18.0 Å². The highest BCUT2D eigenvalue weighted by Gasteiger charge is 2.18. The molecule has 0 radical (unpaired) electrons. The third kappa shape index (κ3) is 7.10. The Hall–Kier alpha value is -3.85. The van der Waals surface area contributed by atoms with Crippen molar-refractivity contribution in [1.29, 1.82) is 0 Å². The summed E-state index contributed by atoms with van der Waals surface area (Å²) in [6.07, 6.45) is 2.48. The summed E-state index contributed by atoms with van der Waals surface area (Å²) < 4.78 is 33.6. The maximum absolute atomic E-state index is 12.8. The zero-order valence-electron chi connectivity index (χ0n) is 21.0. The third-order valence-corrected chi connectivity index (χ3v) is 7.57. The second-order valence-electron chi connectivity index (χ2n) is 9.19. The summed E-state index contributed by atoms with van der Waals surface area (Å²) in [5.41, 5.74) is 3.81. The van der Waals surface area contributed by atoms with Gasteiger partial charge < -0.3 is 15.0 Å². The number of amides is 2. The Labute approximate surface area is 217 Å². The third-order valence-electron chi connectivity index (χ3n) is 6.19. The van der Waals surface area contributed by atoms with Crippen LogP contribution in [-0.4, -0.2) is 44.8 Å². The highest BCUT2D eigenvalue weighted by atomic mass is 32.2. The quantitative estimate of drug-likeness (QED) is 0.437. The van der Waals surface area contributed by atoms with Crippen LogP contribution in [0.25, 0.3) is 0 Å². The van der Waals surface area contributed by atoms with Gasteiger partial charge in [0.25, 0.3) is 15.9 Å². The lowest BCUT2D eigenvalue weighted by atomic mass is 10.1. The van der Waals surface area contributed by atoms with Crippen molar-refractivity contribution >= 4 is 33.2 Å². The van der Waals surface area contributed by atoms with Crippen molar-refractivity contribution < 1.29 is 22.7 Å². The molecule has 1 heterocycles. The van der Waals surface area contributed by atoms with Crippen molar-refractivity contribution in [2.24, 2.45) is 0 Å². The number of hydrogen-bond donors (Lipinski definition) is 2. The molecule has 2 N–H and O–H groups in total. The first-order chi connectivity index (χ1) is 17.7. The molecule has 0 aromatic heterocycles. The monoisotopic (exact) mass is 521 g/mol. The Balaban J connectivity index is 1.27. The van der Waals surface area contributed by atoms with Gasteiger partial charge in [0.05, 0.1) is 17.0 Å². The average molecular weight is 522 g/mol. The Morgan fingerprint density at radius 3 is 2.27 bits per heavy atom. The number of nitrogens with one attached hydrogen (secondary N) is 2. The molecule has 1 fully saturated rings. The molecule has 1 aliphatic rings. The first kappa shape index (κ1) is 26.2. The first-order valence-electron chi connectivity index (χ1n) is 12.2. The molecule has 0 saturated carbocycles. The van der Waals surface area contributed by atoms with Gasteiger partial charge in [-0.15, -0.1) is 0 Å². The number of ether oxygens (including phenoxy) is 1. The average Bonchev–Trinajstić information content (AvgIpc) is 3.42. The van der Waals surface area contributed by atoms with Gasteiger partial charge in [-0.05, 0) is 85.8 Å². The zero-order chi connectivity index (χ0) is 26.4. The van der Waals surface area contributed by atoms with Crippen LogP contribution in [0.15, 0.2) is 71.6 Å². The van der Waals surface area contributed by atoms with Crippen molar-refractivity contribution in [2.45, 2.75) is 38.0 Å². The Bertz CT molecular complexity index is 1360. The minimum absolute atomic E-state index is 0.0912. The SMILES string of the molecule is Cc1ccc(C)c(NS(=O)(=O)c2ccc(OCC(=O)Nc3ccc(CC(=O)N4CCCC4)cc3)cc2)c1. The van der Waals surface area contributed by atoms with Gasteiger partial charge in [0.2, 0.25) is 5.91 Å². The molecule has 0 spiro atoms. The fraction of sp³-hybridized carbons (Fsp3) is 0.286. The van der Waals surface area contributed by atoms with Crippen LogP contribution in [0.2, 0.25) is 0 Å². The van der Waals surface area contributed by atoms with Crippen LogP contribution in [0.5, 0.6) is 5.75 Å². The van der Waals surface area contributed by atoms with E-state index in [0.29, 0.717) is 23.5 Å². The van der Waals surface area contributed by atoms with E-state index in [4.69, 9.17) is 4.74 Å². The van der Waals surface area contributed by atoms with E-state index in [2.05, 4.69) is 10.0 Å². The van der Waals surface area contributed by atoms with Gasteiger partial charge in [-0.1, -0.05) is 24.3 Å². The number of carbonyl (C=O) groups is 2. The van der Waals surface area contributed by atoms with Crippen molar-refractivity contribution in [3.63, 3.8) is 0 Å². The number of hydrogen-bond acceptors (Lipinski definition) is 5. The second kappa shape index (κ2) is 11.5. The topological polar surface area (TPSA) is 105 Å². The Morgan fingerprint density at radius 2 is 1.59 bits per heavy atom. The summed E-state index contributed by atoms with van der Waals surface area (Å²) in [5, 5.41) is 2.76. The number of likely N-dealkylation sites (tertiary alicyclic amines) is 1. The molecule has 2 amide bonds. The molecule has 0 aliphatic carbocycles. The molecular weight excluding hydrogens is 490 g/mol. The van der Waals surface area contributed by atoms with E-state index in [0.717, 1.165) is 42.6 Å². The number of rotatable bonds is 9. The highest BCUT2D eigenvalue weighted by molar-refractivity contribution is 7.92. The van der Waals surface area contributed by atoms with E-state index in [1.807, 2.05) is 43.0 Å². The molecule has 9 heteroatoms. The normalized spacial score (nSPS) is 13.3. The van der Waals surface area contributed by atoms with Crippen LogP contribution in [0, 0.1) is 13.8 Å². The van der Waals surface area contributed by atoms with Crippen LogP contribution < -0.4 is 14.8 Å². The van der Waals surface area contributed by atoms with Crippen molar-refractivity contribution in [3.8, 4) is 5.75 Å². The maximum Gasteiger partial charge on any atom is 0.262 e. The molecule has 0 atom stereocenters. The smallest absolute Gasteiger partial charge is 0.262 e. The molecule has 194 valence electrons. The van der Waals surface area contributed by atoms with E-state index in [1.165, 1.54) is 24.3 Å². The number of sulfonamides is 1. The van der Waals surface area contributed by atoms with E-state index < -0.39 is 10.0 Å². The summed E-state index contributed by atoms with van der Waals surface area (Å²) in [6, 6.07) is 18.6. The summed E-state index contributed by atoms with van der Waals surface area (Å²) in [6.45, 7) is 5.16. The largest absolute Gasteiger partial charge is 0.484 e. The molecule has 1 aliphatic heterocycles. The summed E-state index contributed by atoms with van der Waals surface area (Å²) in [5.74, 6) is 0.147. The van der Waals surface area contributed by atoms with Gasteiger partial charge in [0, 0.05) is 18.8 Å². The van der Waals surface area contributed by atoms with Crippen LogP contribution in [0.1, 0.15) is 29.5 Å². The fourth-order valence-electron chi connectivity index (χ4n) is 4.07. The first-order valence-corrected chi connectivity index (χ1v) is 13.7. The fourth-order valence-corrected chi connectivity index (χ4v) is 5.19. The van der Waals surface area contributed by atoms with Crippen molar-refractivity contribution in [2.75, 3.05) is 29.7 Å². The molecule has 4 rings (SSSR count). The maximum atomic E-state index is 12.8. The van der Waals surface area contributed by atoms with Crippen molar-refractivity contribution in [3.05, 3.63) is 83.4 Å². The second-order valence-corrected chi connectivity index (χ2v) is 10.9. The lowest BCUT2D eigenvalue weighted by molar-refractivity contribution is -0.129. The van der Waals surface area contributed by atoms with Gasteiger partial charge in [0.15, 0.2) is 6.61 Å². The van der Waals surface area contributed by atoms with Crippen LogP contribution >= 0.6 is 0 Å². The van der Waals surface area contributed by atoms with Crippen molar-refractivity contribution in [1.82, 2.24) is 4.90 Å². The van der Waals surface area contributed by atoms with Gasteiger partial charge >= 0.3 is 0 Å². The zero-order valence-corrected chi connectivity index (χ0v) is 21.8. The van der Waals surface area contributed by atoms with Gasteiger partial charge in [-0.25, -0.2) is 8.42 Å². The van der Waals surface area contributed by atoms with Gasteiger partial charge in [0.1, 0.15) is 5.75 Å². The summed E-state index contributed by atoms with van der Waals surface area (Å²) >= 11 is 0. The molecule has 37 heavy (non-hydrogen) atoms. The van der Waals surface area contributed by atoms with Gasteiger partial charge in [-0.2, -0.15) is 0 Å². The number of carbonyl (C=O) groups excluding carboxylic acids is 2. The number of anilines is 2. The van der Waals surface area contributed by atoms with E-state index in [-0.39, 0.29) is 23.3 Å². The summed E-state index contributed by atoms with van der Waals surface area (Å²) in [7, 11) is -3.77. The molecule has 0 unspecified atom stereocenters. The minimum Gasteiger partial charge on any atom is -0.484 e. The lowest BCUT2D eigenvalue weighted by Gasteiger charge is -2.15. The lowest BCUT2D eigenvalue weighted by Crippen LogP contribution is -2.29. The van der Waals surface area contributed by atoms with Crippen LogP contribution in [-0.2, 0) is 26.0 Å². The molecule has 3 aromatic rings. The predicted molar refractivity (Wildman–Crippen MR) is 143 cm³/mol. The molecular formula is C28H31N3O5S. The number of benzene rings is 3.